The minimum absolute atomic E-state index is 0.0392. The molecule has 0 aliphatic carbocycles. The number of anilines is 1. The van der Waals surface area contributed by atoms with Gasteiger partial charge in [0.05, 0.1) is 0 Å². The van der Waals surface area contributed by atoms with E-state index in [1.165, 1.54) is 0 Å². The monoisotopic (exact) mass is 290 g/mol. The van der Waals surface area contributed by atoms with E-state index < -0.39 is 11.9 Å². The Labute approximate surface area is 114 Å². The second kappa shape index (κ2) is 5.82. The molecule has 0 aromatic carbocycles. The standard InChI is InChI=1S/C12H17F3N4O/c1-2-19-9(12(13,14)15)7-10(18-19)17-11(20)8-3-5-16-6-4-8/h7-8,16H,2-6H2,1H3,(H,17,18,20). The minimum atomic E-state index is -4.47. The van der Waals surface area contributed by atoms with E-state index >= 15 is 0 Å². The summed E-state index contributed by atoms with van der Waals surface area (Å²) in [7, 11) is 0. The molecule has 8 heteroatoms. The fraction of sp³-hybridized carbons (Fsp3) is 0.667. The molecule has 112 valence electrons. The van der Waals surface area contributed by atoms with Crippen LogP contribution in [-0.2, 0) is 17.5 Å². The fourth-order valence-corrected chi connectivity index (χ4v) is 2.26. The molecule has 1 fully saturated rings. The summed E-state index contributed by atoms with van der Waals surface area (Å²) in [5.41, 5.74) is -0.847. The van der Waals surface area contributed by atoms with Crippen molar-refractivity contribution in [1.29, 1.82) is 0 Å². The van der Waals surface area contributed by atoms with Crippen molar-refractivity contribution in [3.8, 4) is 0 Å². The average Bonchev–Trinajstić information content (AvgIpc) is 2.83. The van der Waals surface area contributed by atoms with Gasteiger partial charge in [-0.15, -0.1) is 0 Å². The summed E-state index contributed by atoms with van der Waals surface area (Å²) in [4.78, 5) is 12.0. The number of piperidine rings is 1. The molecule has 20 heavy (non-hydrogen) atoms. The molecule has 2 heterocycles. The molecular formula is C12H17F3N4O. The third-order valence-electron chi connectivity index (χ3n) is 3.33. The summed E-state index contributed by atoms with van der Waals surface area (Å²) in [5.74, 6) is -0.471. The van der Waals surface area contributed by atoms with Crippen molar-refractivity contribution in [2.24, 2.45) is 5.92 Å². The van der Waals surface area contributed by atoms with Gasteiger partial charge in [0.2, 0.25) is 5.91 Å². The maximum Gasteiger partial charge on any atom is 0.433 e. The summed E-state index contributed by atoms with van der Waals surface area (Å²) in [6, 6.07) is 0.877. The number of hydrogen-bond donors (Lipinski definition) is 2. The van der Waals surface area contributed by atoms with Crippen molar-refractivity contribution < 1.29 is 18.0 Å². The van der Waals surface area contributed by atoms with Crippen LogP contribution < -0.4 is 10.6 Å². The quantitative estimate of drug-likeness (QED) is 0.893. The smallest absolute Gasteiger partial charge is 0.317 e. The number of aryl methyl sites for hydroxylation is 1. The van der Waals surface area contributed by atoms with Crippen molar-refractivity contribution in [2.75, 3.05) is 18.4 Å². The first-order chi connectivity index (χ1) is 9.41. The third-order valence-corrected chi connectivity index (χ3v) is 3.33. The lowest BCUT2D eigenvalue weighted by Crippen LogP contribution is -2.34. The summed E-state index contributed by atoms with van der Waals surface area (Å²) in [6.07, 6.45) is -3.10. The van der Waals surface area contributed by atoms with Crippen molar-refractivity contribution in [3.05, 3.63) is 11.8 Å². The lowest BCUT2D eigenvalue weighted by atomic mass is 9.97. The molecule has 1 amide bonds. The second-order valence-corrected chi connectivity index (χ2v) is 4.74. The van der Waals surface area contributed by atoms with Crippen LogP contribution in [0.2, 0.25) is 0 Å². The van der Waals surface area contributed by atoms with Gasteiger partial charge in [-0.3, -0.25) is 9.48 Å². The van der Waals surface area contributed by atoms with Crippen molar-refractivity contribution in [2.45, 2.75) is 32.5 Å². The molecule has 0 spiro atoms. The number of nitrogens with zero attached hydrogens (tertiary/aromatic N) is 2. The lowest BCUT2D eigenvalue weighted by molar-refractivity contribution is -0.144. The van der Waals surface area contributed by atoms with Crippen LogP contribution in [0, 0.1) is 5.92 Å². The minimum Gasteiger partial charge on any atom is -0.317 e. The van der Waals surface area contributed by atoms with Gasteiger partial charge in [0.1, 0.15) is 5.69 Å². The average molecular weight is 290 g/mol. The maximum atomic E-state index is 12.8. The van der Waals surface area contributed by atoms with E-state index in [-0.39, 0.29) is 24.2 Å². The van der Waals surface area contributed by atoms with Gasteiger partial charge in [0, 0.05) is 18.5 Å². The van der Waals surface area contributed by atoms with Gasteiger partial charge in [-0.2, -0.15) is 18.3 Å². The SMILES string of the molecule is CCn1nc(NC(=O)C2CCNCC2)cc1C(F)(F)F. The highest BCUT2D eigenvalue weighted by Crippen LogP contribution is 2.31. The predicted molar refractivity (Wildman–Crippen MR) is 67.1 cm³/mol. The molecule has 1 aromatic rings. The Morgan fingerprint density at radius 2 is 2.15 bits per heavy atom. The summed E-state index contributed by atoms with van der Waals surface area (Å²) in [5, 5.41) is 9.39. The van der Waals surface area contributed by atoms with Crippen molar-refractivity contribution in [3.63, 3.8) is 0 Å². The Morgan fingerprint density at radius 1 is 1.50 bits per heavy atom. The van der Waals surface area contributed by atoms with Crippen LogP contribution >= 0.6 is 0 Å². The van der Waals surface area contributed by atoms with Gasteiger partial charge >= 0.3 is 6.18 Å². The Kier molecular flexibility index (Phi) is 4.32. The molecule has 1 saturated heterocycles. The van der Waals surface area contributed by atoms with Crippen molar-refractivity contribution in [1.82, 2.24) is 15.1 Å². The van der Waals surface area contributed by atoms with E-state index in [1.54, 1.807) is 6.92 Å². The molecule has 1 aliphatic heterocycles. The highest BCUT2D eigenvalue weighted by molar-refractivity contribution is 5.91. The van der Waals surface area contributed by atoms with Crippen LogP contribution in [0.4, 0.5) is 19.0 Å². The van der Waals surface area contributed by atoms with Crippen molar-refractivity contribution >= 4 is 11.7 Å². The van der Waals surface area contributed by atoms with Gasteiger partial charge in [0.15, 0.2) is 5.82 Å². The van der Waals surface area contributed by atoms with E-state index in [0.717, 1.165) is 23.8 Å². The van der Waals surface area contributed by atoms with Crippen LogP contribution in [-0.4, -0.2) is 28.8 Å². The molecular weight excluding hydrogens is 273 g/mol. The molecule has 0 saturated carbocycles. The number of rotatable bonds is 3. The Balaban J connectivity index is 2.09. The van der Waals surface area contributed by atoms with E-state index in [1.807, 2.05) is 0 Å². The number of nitrogens with one attached hydrogen (secondary N) is 2. The van der Waals surface area contributed by atoms with Gasteiger partial charge in [0.25, 0.3) is 0 Å². The van der Waals surface area contributed by atoms with Gasteiger partial charge in [-0.25, -0.2) is 0 Å². The fourth-order valence-electron chi connectivity index (χ4n) is 2.26. The topological polar surface area (TPSA) is 59.0 Å². The summed E-state index contributed by atoms with van der Waals surface area (Å²) < 4.78 is 39.1. The van der Waals surface area contributed by atoms with E-state index in [4.69, 9.17) is 0 Å². The normalized spacial score (nSPS) is 17.2. The van der Waals surface area contributed by atoms with Crippen LogP contribution in [0.25, 0.3) is 0 Å². The second-order valence-electron chi connectivity index (χ2n) is 4.74. The number of aromatic nitrogens is 2. The number of amides is 1. The Bertz CT molecular complexity index is 478. The first kappa shape index (κ1) is 14.8. The molecule has 0 radical (unpaired) electrons. The molecule has 2 N–H and O–H groups in total. The first-order valence-electron chi connectivity index (χ1n) is 6.58. The van der Waals surface area contributed by atoms with E-state index in [0.29, 0.717) is 12.8 Å². The summed E-state index contributed by atoms with van der Waals surface area (Å²) >= 11 is 0. The zero-order chi connectivity index (χ0) is 14.8. The van der Waals surface area contributed by atoms with Gasteiger partial charge in [-0.05, 0) is 32.9 Å². The largest absolute Gasteiger partial charge is 0.433 e. The van der Waals surface area contributed by atoms with Gasteiger partial charge < -0.3 is 10.6 Å². The van der Waals surface area contributed by atoms with Gasteiger partial charge in [-0.1, -0.05) is 0 Å². The number of carbonyl (C=O) groups is 1. The molecule has 1 aromatic heterocycles. The molecule has 0 atom stereocenters. The lowest BCUT2D eigenvalue weighted by Gasteiger charge is -2.21. The van der Waals surface area contributed by atoms with Crippen LogP contribution in [0.5, 0.6) is 0 Å². The van der Waals surface area contributed by atoms with E-state index in [2.05, 4.69) is 15.7 Å². The predicted octanol–water partition coefficient (Wildman–Crippen LogP) is 1.86. The highest BCUT2D eigenvalue weighted by Gasteiger charge is 2.36. The number of halogens is 3. The molecule has 5 nitrogen and oxygen atoms in total. The Morgan fingerprint density at radius 3 is 2.65 bits per heavy atom. The molecule has 0 unspecified atom stereocenters. The molecule has 0 bridgehead atoms. The first-order valence-corrected chi connectivity index (χ1v) is 6.58. The zero-order valence-electron chi connectivity index (χ0n) is 11.1. The van der Waals surface area contributed by atoms with Crippen LogP contribution in [0.15, 0.2) is 6.07 Å². The van der Waals surface area contributed by atoms with E-state index in [9.17, 15) is 18.0 Å². The number of alkyl halides is 3. The molecule has 1 aliphatic rings. The summed E-state index contributed by atoms with van der Waals surface area (Å²) in [6.45, 7) is 3.16. The van der Waals surface area contributed by atoms with Crippen LogP contribution in [0.1, 0.15) is 25.5 Å². The maximum absolute atomic E-state index is 12.8. The Hall–Kier alpha value is -1.57. The van der Waals surface area contributed by atoms with Crippen LogP contribution in [0.3, 0.4) is 0 Å². The highest BCUT2D eigenvalue weighted by atomic mass is 19.4. The number of carbonyl (C=O) groups excluding carboxylic acids is 1. The third kappa shape index (κ3) is 3.30. The zero-order valence-corrected chi connectivity index (χ0v) is 11.1. The number of hydrogen-bond acceptors (Lipinski definition) is 3. The molecule has 2 rings (SSSR count).